The minimum atomic E-state index is -4.86. The summed E-state index contributed by atoms with van der Waals surface area (Å²) < 4.78 is 42.5. The van der Waals surface area contributed by atoms with E-state index in [4.69, 9.17) is 4.74 Å². The molecule has 0 heterocycles. The van der Waals surface area contributed by atoms with E-state index in [9.17, 15) is 18.0 Å². The molecule has 1 unspecified atom stereocenters. The van der Waals surface area contributed by atoms with Crippen LogP contribution in [0.5, 0.6) is 5.75 Å². The summed E-state index contributed by atoms with van der Waals surface area (Å²) in [6.07, 6.45) is -5.10. The zero-order valence-corrected chi connectivity index (χ0v) is 11.2. The van der Waals surface area contributed by atoms with Crippen molar-refractivity contribution in [3.05, 3.63) is 65.7 Å². The van der Waals surface area contributed by atoms with E-state index in [1.165, 1.54) is 12.1 Å². The van der Waals surface area contributed by atoms with Crippen molar-refractivity contribution < 1.29 is 22.7 Å². The van der Waals surface area contributed by atoms with Crippen molar-refractivity contribution in [1.82, 2.24) is 0 Å². The largest absolute Gasteiger partial charge is 0.486 e. The van der Waals surface area contributed by atoms with Crippen molar-refractivity contribution in [2.24, 2.45) is 0 Å². The number of alkyl halides is 3. The number of Topliss-reactive ketones (excluding diaryl/α,β-unsaturated/α-hetero) is 1. The summed E-state index contributed by atoms with van der Waals surface area (Å²) in [6, 6.07) is 14.4. The summed E-state index contributed by atoms with van der Waals surface area (Å²) in [6.45, 7) is 1.84. The Morgan fingerprint density at radius 2 is 1.57 bits per heavy atom. The molecule has 2 rings (SSSR count). The average molecular weight is 294 g/mol. The van der Waals surface area contributed by atoms with Crippen LogP contribution in [0.1, 0.15) is 28.9 Å². The SMILES string of the molecule is CC(Oc1ccc(C(=O)C(F)(F)F)cc1)c1ccccc1. The number of benzene rings is 2. The Kier molecular flexibility index (Phi) is 4.31. The molecule has 0 N–H and O–H groups in total. The molecule has 0 spiro atoms. The molecular weight excluding hydrogens is 281 g/mol. The van der Waals surface area contributed by atoms with Crippen molar-refractivity contribution in [1.29, 1.82) is 0 Å². The normalized spacial score (nSPS) is 12.8. The molecule has 1 atom stereocenters. The summed E-state index contributed by atoms with van der Waals surface area (Å²) in [5, 5.41) is 0. The molecule has 0 amide bonds. The van der Waals surface area contributed by atoms with E-state index in [1.54, 1.807) is 0 Å². The molecule has 5 heteroatoms. The highest BCUT2D eigenvalue weighted by Gasteiger charge is 2.39. The first-order chi connectivity index (χ1) is 9.88. The van der Waals surface area contributed by atoms with Crippen LogP contribution in [0.15, 0.2) is 54.6 Å². The highest BCUT2D eigenvalue weighted by Crippen LogP contribution is 2.25. The van der Waals surface area contributed by atoms with Crippen molar-refractivity contribution in [3.63, 3.8) is 0 Å². The molecule has 0 aromatic heterocycles. The van der Waals surface area contributed by atoms with Crippen LogP contribution in [-0.2, 0) is 0 Å². The Balaban J connectivity index is 2.08. The van der Waals surface area contributed by atoms with E-state index in [-0.39, 0.29) is 6.10 Å². The molecule has 0 radical (unpaired) electrons. The van der Waals surface area contributed by atoms with Gasteiger partial charge < -0.3 is 4.74 Å². The Morgan fingerprint density at radius 1 is 1.00 bits per heavy atom. The van der Waals surface area contributed by atoms with Crippen molar-refractivity contribution >= 4 is 5.78 Å². The Bertz CT molecular complexity index is 604. The molecule has 0 aliphatic carbocycles. The fourth-order valence-corrected chi connectivity index (χ4v) is 1.84. The fraction of sp³-hybridized carbons (Fsp3) is 0.188. The number of ether oxygens (including phenoxy) is 1. The molecule has 0 bridgehead atoms. The maximum Gasteiger partial charge on any atom is 0.454 e. The summed E-state index contributed by atoms with van der Waals surface area (Å²) >= 11 is 0. The molecule has 0 aliphatic rings. The highest BCUT2D eigenvalue weighted by atomic mass is 19.4. The minimum Gasteiger partial charge on any atom is -0.486 e. The second-order valence-electron chi connectivity index (χ2n) is 4.52. The Morgan fingerprint density at radius 3 is 2.10 bits per heavy atom. The number of ketones is 1. The van der Waals surface area contributed by atoms with Gasteiger partial charge in [-0.3, -0.25) is 4.79 Å². The smallest absolute Gasteiger partial charge is 0.454 e. The molecular formula is C16H13F3O2. The third kappa shape index (κ3) is 3.84. The maximum absolute atomic E-state index is 12.3. The molecule has 0 fully saturated rings. The van der Waals surface area contributed by atoms with E-state index >= 15 is 0 Å². The minimum absolute atomic E-state index is 0.240. The van der Waals surface area contributed by atoms with Gasteiger partial charge in [0.05, 0.1) is 0 Å². The van der Waals surface area contributed by atoms with Gasteiger partial charge in [0.1, 0.15) is 11.9 Å². The summed E-state index contributed by atoms with van der Waals surface area (Å²) in [4.78, 5) is 11.1. The zero-order chi connectivity index (χ0) is 15.5. The number of rotatable bonds is 4. The molecule has 110 valence electrons. The predicted molar refractivity (Wildman–Crippen MR) is 72.3 cm³/mol. The first kappa shape index (κ1) is 15.1. The predicted octanol–water partition coefficient (Wildman–Crippen LogP) is 4.57. The summed E-state index contributed by atoms with van der Waals surface area (Å²) in [7, 11) is 0. The summed E-state index contributed by atoms with van der Waals surface area (Å²) in [5.74, 6) is -1.45. The van der Waals surface area contributed by atoms with Gasteiger partial charge in [0.25, 0.3) is 5.78 Å². The maximum atomic E-state index is 12.3. The van der Waals surface area contributed by atoms with E-state index < -0.39 is 17.5 Å². The highest BCUT2D eigenvalue weighted by molar-refractivity contribution is 6.00. The number of hydrogen-bond acceptors (Lipinski definition) is 2. The van der Waals surface area contributed by atoms with Gasteiger partial charge in [0, 0.05) is 5.56 Å². The summed E-state index contributed by atoms with van der Waals surface area (Å²) in [5.41, 5.74) is 0.551. The quantitative estimate of drug-likeness (QED) is 0.772. The Hall–Kier alpha value is -2.30. The Labute approximate surface area is 120 Å². The molecule has 0 saturated carbocycles. The second-order valence-corrected chi connectivity index (χ2v) is 4.52. The number of hydrogen-bond donors (Lipinski definition) is 0. The van der Waals surface area contributed by atoms with Crippen molar-refractivity contribution in [2.45, 2.75) is 19.2 Å². The molecule has 2 nitrogen and oxygen atoms in total. The van der Waals surface area contributed by atoms with Crippen molar-refractivity contribution in [2.75, 3.05) is 0 Å². The molecule has 21 heavy (non-hydrogen) atoms. The lowest BCUT2D eigenvalue weighted by molar-refractivity contribution is -0.0885. The number of carbonyl (C=O) groups is 1. The van der Waals surface area contributed by atoms with E-state index in [0.717, 1.165) is 17.7 Å². The third-order valence-corrected chi connectivity index (χ3v) is 2.96. The second kappa shape index (κ2) is 5.99. The van der Waals surface area contributed by atoms with Gasteiger partial charge in [0.15, 0.2) is 0 Å². The van der Waals surface area contributed by atoms with Crippen LogP contribution in [-0.4, -0.2) is 12.0 Å². The molecule has 2 aromatic rings. The van der Waals surface area contributed by atoms with Crippen LogP contribution in [0.4, 0.5) is 13.2 Å². The van der Waals surface area contributed by atoms with Gasteiger partial charge in [-0.15, -0.1) is 0 Å². The van der Waals surface area contributed by atoms with E-state index in [2.05, 4.69) is 0 Å². The van der Waals surface area contributed by atoms with Gasteiger partial charge in [-0.2, -0.15) is 13.2 Å². The third-order valence-electron chi connectivity index (χ3n) is 2.96. The van der Waals surface area contributed by atoms with Gasteiger partial charge in [-0.1, -0.05) is 30.3 Å². The lowest BCUT2D eigenvalue weighted by Gasteiger charge is -2.15. The monoisotopic (exact) mass is 294 g/mol. The van der Waals surface area contributed by atoms with Crippen LogP contribution in [0.3, 0.4) is 0 Å². The van der Waals surface area contributed by atoms with Crippen LogP contribution in [0, 0.1) is 0 Å². The topological polar surface area (TPSA) is 26.3 Å². The zero-order valence-electron chi connectivity index (χ0n) is 11.2. The van der Waals surface area contributed by atoms with E-state index in [0.29, 0.717) is 5.75 Å². The average Bonchev–Trinajstić information content (AvgIpc) is 2.47. The lowest BCUT2D eigenvalue weighted by Crippen LogP contribution is -2.22. The standard InChI is InChI=1S/C16H13F3O2/c1-11(12-5-3-2-4-6-12)21-14-9-7-13(8-10-14)15(20)16(17,18)19/h2-11H,1H3. The number of halogens is 3. The van der Waals surface area contributed by atoms with Crippen LogP contribution >= 0.6 is 0 Å². The van der Waals surface area contributed by atoms with Gasteiger partial charge in [0.2, 0.25) is 0 Å². The van der Waals surface area contributed by atoms with E-state index in [1.807, 2.05) is 37.3 Å². The van der Waals surface area contributed by atoms with Gasteiger partial charge >= 0.3 is 6.18 Å². The molecule has 0 aliphatic heterocycles. The molecule has 2 aromatic carbocycles. The first-order valence-electron chi connectivity index (χ1n) is 6.31. The fourth-order valence-electron chi connectivity index (χ4n) is 1.84. The van der Waals surface area contributed by atoms with Crippen molar-refractivity contribution in [3.8, 4) is 5.75 Å². The lowest BCUT2D eigenvalue weighted by atomic mass is 10.1. The van der Waals surface area contributed by atoms with Crippen LogP contribution in [0.25, 0.3) is 0 Å². The number of carbonyl (C=O) groups excluding carboxylic acids is 1. The van der Waals surface area contributed by atoms with Gasteiger partial charge in [-0.05, 0) is 36.8 Å². The van der Waals surface area contributed by atoms with Crippen LogP contribution in [0.2, 0.25) is 0 Å². The first-order valence-corrected chi connectivity index (χ1v) is 6.31. The van der Waals surface area contributed by atoms with Gasteiger partial charge in [-0.25, -0.2) is 0 Å². The molecule has 0 saturated heterocycles. The van der Waals surface area contributed by atoms with Crippen LogP contribution < -0.4 is 4.74 Å².